The summed E-state index contributed by atoms with van der Waals surface area (Å²) in [5.74, 6) is -0.143. The number of carbonyl (C=O) groups is 2. The smallest absolute Gasteiger partial charge is 0.303 e. The number of hydrogen-bond acceptors (Lipinski definition) is 11. The molecule has 584 valence electrons. The number of rotatable bonds is 7. The van der Waals surface area contributed by atoms with E-state index in [1.807, 2.05) is 170 Å². The zero-order valence-corrected chi connectivity index (χ0v) is 72.7. The molecule has 0 saturated carbocycles. The molecule has 0 fully saturated rings. The highest BCUT2D eigenvalue weighted by atomic mass is 79.9. The minimum atomic E-state index is -0.745. The number of hydrogen-bond donors (Lipinski definition) is 8. The minimum Gasteiger partial charge on any atom is -0.507 e. The Morgan fingerprint density at radius 2 is 0.759 bits per heavy atom. The molecule has 1 aliphatic heterocycles. The van der Waals surface area contributed by atoms with Crippen LogP contribution >= 0.6 is 63.7 Å². The first-order chi connectivity index (χ1) is 55.0. The Hall–Kier alpha value is -11.4. The van der Waals surface area contributed by atoms with Crippen molar-refractivity contribution in [1.29, 1.82) is 0 Å². The quantitative estimate of drug-likeness (QED) is 0.0548. The van der Waals surface area contributed by atoms with E-state index in [4.69, 9.17) is 30.0 Å². The monoisotopic (exact) mass is 1790 g/mol. The number of halogens is 4. The third-order valence-electron chi connectivity index (χ3n) is 20.7. The van der Waals surface area contributed by atoms with E-state index in [0.29, 0.717) is 77.4 Å². The van der Waals surface area contributed by atoms with Gasteiger partial charge in [-0.1, -0.05) is 202 Å². The molecule has 16 aromatic rings. The van der Waals surface area contributed by atoms with Gasteiger partial charge in [-0.15, -0.1) is 0 Å². The third kappa shape index (κ3) is 16.9. The van der Waals surface area contributed by atoms with Crippen LogP contribution in [0.2, 0.25) is 0 Å². The highest BCUT2D eigenvalue weighted by Crippen LogP contribution is 2.47. The molecule has 0 aliphatic carbocycles. The maximum atomic E-state index is 12.2. The Kier molecular flexibility index (Phi) is 22.4. The highest BCUT2D eigenvalue weighted by molar-refractivity contribution is 9.11. The molecule has 116 heavy (non-hydrogen) atoms. The molecule has 0 atom stereocenters. The molecule has 8 aromatic carbocycles. The van der Waals surface area contributed by atoms with E-state index >= 15 is 0 Å². The van der Waals surface area contributed by atoms with Crippen LogP contribution in [0.3, 0.4) is 0 Å². The number of carboxylic acid groups (broad SMARTS) is 1. The molecule has 8 N–H and O–H groups in total. The SMILES string of the molecule is CC(C)(C)c1cc(-c2ccc3ccc4ccc(-c5cc(C(C)(C)C)cc(-c6ccc[nH]6)c5O)nc4c3n2)c(O)c(-c2ccc[nH]2)c1.CC(C)(C)c1cc2c3nc(c(-c4cc(Br)cc(Br)c4)c4ccc([nH]4)c4cc(C(C)(C)C)cc(c4O)c4ccc5ccc6ccc(nc6c5n4)c(c1)c2O)C=C3.CCC(=O)O.O=Cc1cc(Br)cc(Br)c1. The Morgan fingerprint density at radius 3 is 1.17 bits per heavy atom. The molecule has 17 rings (SSSR count). The van der Waals surface area contributed by atoms with Crippen molar-refractivity contribution < 1.29 is 35.1 Å². The highest BCUT2D eigenvalue weighted by Gasteiger charge is 2.27. The number of benzene rings is 8. The van der Waals surface area contributed by atoms with Crippen molar-refractivity contribution in [1.82, 2.24) is 39.9 Å². The number of carboxylic acids is 1. The summed E-state index contributed by atoms with van der Waals surface area (Å²) in [4.78, 5) is 55.8. The lowest BCUT2D eigenvalue weighted by Crippen LogP contribution is -2.11. The van der Waals surface area contributed by atoms with Gasteiger partial charge in [-0.3, -0.25) is 9.59 Å². The summed E-state index contributed by atoms with van der Waals surface area (Å²) in [5, 5.41) is 61.6. The number of aromatic hydroxyl groups is 4. The fourth-order valence-electron chi connectivity index (χ4n) is 14.1. The third-order valence-corrected chi connectivity index (χ3v) is 22.5. The van der Waals surface area contributed by atoms with Crippen LogP contribution in [0.25, 0.3) is 156 Å². The minimum absolute atomic E-state index is 0.112. The lowest BCUT2D eigenvalue weighted by atomic mass is 9.83. The number of pyridine rings is 4. The first-order valence-electron chi connectivity index (χ1n) is 38.0. The van der Waals surface area contributed by atoms with Crippen LogP contribution in [-0.2, 0) is 26.5 Å². The average molecular weight is 1800 g/mol. The molecular weight excluding hydrogens is 1710 g/mol. The Balaban J connectivity index is 0.000000164. The normalized spacial score (nSPS) is 12.1. The van der Waals surface area contributed by atoms with E-state index in [-0.39, 0.29) is 51.1 Å². The summed E-state index contributed by atoms with van der Waals surface area (Å²) >= 11 is 13.9. The second-order valence-corrected chi connectivity index (χ2v) is 36.8. The van der Waals surface area contributed by atoms with E-state index in [2.05, 4.69) is 198 Å². The summed E-state index contributed by atoms with van der Waals surface area (Å²) in [6.45, 7) is 27.6. The first-order valence-corrected chi connectivity index (χ1v) is 41.2. The summed E-state index contributed by atoms with van der Waals surface area (Å²) in [7, 11) is 0. The van der Waals surface area contributed by atoms with Gasteiger partial charge in [-0.25, -0.2) is 24.9 Å². The van der Waals surface area contributed by atoms with Crippen LogP contribution in [0.5, 0.6) is 23.0 Å². The number of nitrogens with one attached hydrogen (secondary N) is 3. The van der Waals surface area contributed by atoms with Crippen LogP contribution < -0.4 is 0 Å². The van der Waals surface area contributed by atoms with Gasteiger partial charge in [-0.2, -0.15) is 0 Å². The van der Waals surface area contributed by atoms with Crippen LogP contribution in [-0.4, -0.2) is 77.7 Å². The zero-order valence-electron chi connectivity index (χ0n) is 66.4. The van der Waals surface area contributed by atoms with Gasteiger partial charge in [0.25, 0.3) is 0 Å². The van der Waals surface area contributed by atoms with Crippen LogP contribution in [0.4, 0.5) is 0 Å². The van der Waals surface area contributed by atoms with Crippen molar-refractivity contribution in [2.45, 2.75) is 118 Å². The molecule has 8 aromatic heterocycles. The molecule has 0 unspecified atom stereocenters. The van der Waals surface area contributed by atoms with Gasteiger partial charge in [0.15, 0.2) is 0 Å². The second kappa shape index (κ2) is 32.0. The Morgan fingerprint density at radius 1 is 0.397 bits per heavy atom. The molecule has 12 bridgehead atoms. The van der Waals surface area contributed by atoms with Gasteiger partial charge in [0.2, 0.25) is 0 Å². The average Bonchev–Trinajstić information content (AvgIpc) is 1.70. The molecule has 9 heterocycles. The van der Waals surface area contributed by atoms with Crippen LogP contribution in [0, 0.1) is 0 Å². The van der Waals surface area contributed by atoms with Crippen molar-refractivity contribution in [3.63, 3.8) is 0 Å². The van der Waals surface area contributed by atoms with Gasteiger partial charge in [0.05, 0.1) is 55.9 Å². The van der Waals surface area contributed by atoms with Gasteiger partial charge in [0, 0.05) is 136 Å². The summed E-state index contributed by atoms with van der Waals surface area (Å²) in [6.07, 6.45) is 8.72. The maximum Gasteiger partial charge on any atom is 0.303 e. The van der Waals surface area contributed by atoms with Crippen molar-refractivity contribution in [3.05, 3.63) is 264 Å². The number of phenols is 4. The number of aromatic nitrogens is 8. The van der Waals surface area contributed by atoms with Gasteiger partial charge in [-0.05, 0) is 207 Å². The fraction of sp³-hybridized carbons (Fsp3) is 0.186. The van der Waals surface area contributed by atoms with Gasteiger partial charge >= 0.3 is 5.97 Å². The molecule has 19 heteroatoms. The van der Waals surface area contributed by atoms with Crippen molar-refractivity contribution in [2.24, 2.45) is 0 Å². The topological polar surface area (TPSA) is 247 Å². The molecule has 0 amide bonds. The maximum absolute atomic E-state index is 12.2. The largest absolute Gasteiger partial charge is 0.507 e. The van der Waals surface area contributed by atoms with Crippen molar-refractivity contribution >= 4 is 175 Å². The number of nitrogens with zero attached hydrogens (tertiary/aromatic N) is 5. The summed E-state index contributed by atoms with van der Waals surface area (Å²) in [6, 6.07) is 63.9. The standard InChI is InChI=1S/C47H38Br2N4O2.C40H38N4O2.C7H4Br2O.C3H6O2/c1-46(2,3)27-19-31-35-13-15-39(50-35)41(26-17-29(48)23-30(49)18-26)40-16-14-36(51-40)32-20-28(47(4,5)6)22-34(45(32)55)38-12-10-25-8-7-24-9-11-37(33(21-27)44(31)54)52-42(24)43(25)53-38;1-39(2,3)25-19-27(31-9-7-17-41-31)37(45)29(21-25)33-15-13-23-11-12-24-14-16-34(44-36(24)35(23)43-33)30-22-26(40(4,5)6)20-28(38(30)46)32-10-8-18-42-32;8-6-1-5(4-10)2-7(9)3-6;1-2-3(4)5/h7-23,50,54-55H,1-6H3;7-22,41-42,45-46H,1-6H3;1-4H;2H2,1H3,(H,4,5). The van der Waals surface area contributed by atoms with E-state index < -0.39 is 5.97 Å². The van der Waals surface area contributed by atoms with E-state index in [9.17, 15) is 30.0 Å². The number of aromatic amines is 3. The van der Waals surface area contributed by atoms with Crippen molar-refractivity contribution in [3.8, 4) is 79.2 Å². The molecule has 15 nitrogen and oxygen atoms in total. The zero-order chi connectivity index (χ0) is 82.8. The van der Waals surface area contributed by atoms with E-state index in [1.54, 1.807) is 19.1 Å². The Bertz CT molecular complexity index is 6580. The lowest BCUT2D eigenvalue weighted by Gasteiger charge is -2.22. The number of aldehydes is 1. The fourth-order valence-corrected chi connectivity index (χ4v) is 16.7. The van der Waals surface area contributed by atoms with E-state index in [1.165, 1.54) is 0 Å². The number of phenolic OH excluding ortho intramolecular Hbond substituents is 4. The van der Waals surface area contributed by atoms with Crippen LogP contribution in [0.1, 0.15) is 140 Å². The predicted octanol–water partition coefficient (Wildman–Crippen LogP) is 27.1. The number of H-pyrrole nitrogens is 3. The van der Waals surface area contributed by atoms with Crippen molar-refractivity contribution in [2.75, 3.05) is 0 Å². The molecular formula is C97H86Br4N8O7. The summed E-state index contributed by atoms with van der Waals surface area (Å²) in [5.41, 5.74) is 18.9. The number of aliphatic carboxylic acids is 1. The summed E-state index contributed by atoms with van der Waals surface area (Å²) < 4.78 is 3.63. The van der Waals surface area contributed by atoms with Gasteiger partial charge in [0.1, 0.15) is 29.3 Å². The number of carbonyl (C=O) groups excluding carboxylic acids is 1. The van der Waals surface area contributed by atoms with Crippen LogP contribution in [0.15, 0.2) is 224 Å². The lowest BCUT2D eigenvalue weighted by molar-refractivity contribution is -0.136. The van der Waals surface area contributed by atoms with E-state index in [0.717, 1.165) is 129 Å². The molecule has 1 aliphatic rings. The Labute approximate surface area is 705 Å². The number of fused-ring (bicyclic) bond motifs is 17. The second-order valence-electron chi connectivity index (χ2n) is 33.2. The van der Waals surface area contributed by atoms with Gasteiger partial charge < -0.3 is 40.5 Å². The first kappa shape index (κ1) is 81.2. The molecule has 0 saturated heterocycles. The predicted molar refractivity (Wildman–Crippen MR) is 490 cm³/mol. The molecule has 0 radical (unpaired) electrons. The molecule has 0 spiro atoms.